The fourth-order valence-electron chi connectivity index (χ4n) is 3.56. The van der Waals surface area contributed by atoms with Crippen molar-refractivity contribution in [2.24, 2.45) is 5.92 Å². The minimum atomic E-state index is -0.249. The molecule has 1 atom stereocenters. The summed E-state index contributed by atoms with van der Waals surface area (Å²) in [7, 11) is 0. The molecule has 7 nitrogen and oxygen atoms in total. The second-order valence-corrected chi connectivity index (χ2v) is 7.30. The van der Waals surface area contributed by atoms with Gasteiger partial charge in [0.15, 0.2) is 11.5 Å². The lowest BCUT2D eigenvalue weighted by Gasteiger charge is -2.30. The third kappa shape index (κ3) is 3.93. The summed E-state index contributed by atoms with van der Waals surface area (Å²) in [6.45, 7) is 4.19. The number of ether oxygens (including phenoxy) is 2. The van der Waals surface area contributed by atoms with Gasteiger partial charge in [0.2, 0.25) is 6.79 Å². The molecule has 0 radical (unpaired) electrons. The molecule has 1 N–H and O–H groups in total. The number of pyridine rings is 1. The summed E-state index contributed by atoms with van der Waals surface area (Å²) in [6.07, 6.45) is 3.65. The SMILES string of the molecule is CC1CCCN(C(=O)c2cc(C(=O)NCc3ccc4c(c3)OCO4)ccn2)C1. The van der Waals surface area contributed by atoms with Crippen molar-refractivity contribution in [2.75, 3.05) is 19.9 Å². The molecule has 2 aliphatic heterocycles. The first-order valence-corrected chi connectivity index (χ1v) is 9.52. The molecule has 0 spiro atoms. The van der Waals surface area contributed by atoms with E-state index < -0.39 is 0 Å². The number of aromatic nitrogens is 1. The van der Waals surface area contributed by atoms with Gasteiger partial charge in [0.05, 0.1) is 0 Å². The van der Waals surface area contributed by atoms with Crippen molar-refractivity contribution in [3.8, 4) is 11.5 Å². The first kappa shape index (κ1) is 18.3. The Labute approximate surface area is 163 Å². The molecular weight excluding hydrogens is 358 g/mol. The molecule has 2 amide bonds. The van der Waals surface area contributed by atoms with Gasteiger partial charge < -0.3 is 19.7 Å². The van der Waals surface area contributed by atoms with Crippen molar-refractivity contribution in [2.45, 2.75) is 26.3 Å². The summed E-state index contributed by atoms with van der Waals surface area (Å²) in [6, 6.07) is 8.74. The van der Waals surface area contributed by atoms with Gasteiger partial charge in [-0.15, -0.1) is 0 Å². The minimum absolute atomic E-state index is 0.114. The van der Waals surface area contributed by atoms with Crippen molar-refractivity contribution >= 4 is 11.8 Å². The largest absolute Gasteiger partial charge is 0.454 e. The third-order valence-electron chi connectivity index (χ3n) is 5.08. The number of hydrogen-bond donors (Lipinski definition) is 1. The Morgan fingerprint density at radius 2 is 2.07 bits per heavy atom. The number of amides is 2. The van der Waals surface area contributed by atoms with Crippen LogP contribution in [0.5, 0.6) is 11.5 Å². The van der Waals surface area contributed by atoms with Gasteiger partial charge in [0.1, 0.15) is 5.69 Å². The Bertz CT molecular complexity index is 899. The van der Waals surface area contributed by atoms with Gasteiger partial charge in [-0.25, -0.2) is 0 Å². The fraction of sp³-hybridized carbons (Fsp3) is 0.381. The van der Waals surface area contributed by atoms with Crippen LogP contribution in [0.3, 0.4) is 0 Å². The van der Waals surface area contributed by atoms with Crippen LogP contribution >= 0.6 is 0 Å². The maximum absolute atomic E-state index is 12.7. The van der Waals surface area contributed by atoms with Crippen LogP contribution in [-0.4, -0.2) is 41.6 Å². The predicted octanol–water partition coefficient (Wildman–Crippen LogP) is 2.61. The molecular formula is C21H23N3O4. The Balaban J connectivity index is 1.40. The van der Waals surface area contributed by atoms with Crippen LogP contribution in [0.1, 0.15) is 46.2 Å². The molecule has 146 valence electrons. The van der Waals surface area contributed by atoms with Gasteiger partial charge in [0.25, 0.3) is 11.8 Å². The van der Waals surface area contributed by atoms with Gasteiger partial charge in [-0.1, -0.05) is 13.0 Å². The summed E-state index contributed by atoms with van der Waals surface area (Å²) in [5.74, 6) is 1.52. The summed E-state index contributed by atoms with van der Waals surface area (Å²) in [5, 5.41) is 2.87. The van der Waals surface area contributed by atoms with Crippen molar-refractivity contribution in [1.82, 2.24) is 15.2 Å². The average Bonchev–Trinajstić information content (AvgIpc) is 3.19. The molecule has 1 aromatic carbocycles. The first-order valence-electron chi connectivity index (χ1n) is 9.52. The first-order chi connectivity index (χ1) is 13.6. The Hall–Kier alpha value is -3.09. The number of likely N-dealkylation sites (tertiary alicyclic amines) is 1. The van der Waals surface area contributed by atoms with E-state index in [4.69, 9.17) is 9.47 Å². The summed E-state index contributed by atoms with van der Waals surface area (Å²) in [5.41, 5.74) is 1.64. The molecule has 3 heterocycles. The van der Waals surface area contributed by atoms with E-state index in [1.165, 1.54) is 6.20 Å². The van der Waals surface area contributed by atoms with Crippen LogP contribution < -0.4 is 14.8 Å². The highest BCUT2D eigenvalue weighted by atomic mass is 16.7. The molecule has 2 aromatic rings. The Morgan fingerprint density at radius 1 is 1.21 bits per heavy atom. The number of nitrogens with zero attached hydrogens (tertiary/aromatic N) is 2. The number of hydrogen-bond acceptors (Lipinski definition) is 5. The number of piperidine rings is 1. The Morgan fingerprint density at radius 3 is 2.93 bits per heavy atom. The average molecular weight is 381 g/mol. The van der Waals surface area contributed by atoms with Crippen LogP contribution in [0.2, 0.25) is 0 Å². The van der Waals surface area contributed by atoms with Crippen molar-refractivity contribution in [3.63, 3.8) is 0 Å². The van der Waals surface area contributed by atoms with Crippen LogP contribution in [0, 0.1) is 5.92 Å². The van der Waals surface area contributed by atoms with Crippen LogP contribution in [0.25, 0.3) is 0 Å². The topological polar surface area (TPSA) is 80.8 Å². The van der Waals surface area contributed by atoms with Gasteiger partial charge in [-0.2, -0.15) is 0 Å². The monoisotopic (exact) mass is 381 g/mol. The van der Waals surface area contributed by atoms with E-state index in [2.05, 4.69) is 17.2 Å². The van der Waals surface area contributed by atoms with Gasteiger partial charge >= 0.3 is 0 Å². The lowest BCUT2D eigenvalue weighted by Crippen LogP contribution is -2.39. The zero-order valence-electron chi connectivity index (χ0n) is 15.8. The molecule has 1 fully saturated rings. The van der Waals surface area contributed by atoms with Gasteiger partial charge in [0, 0.05) is 31.4 Å². The number of fused-ring (bicyclic) bond motifs is 1. The second kappa shape index (κ2) is 7.88. The van der Waals surface area contributed by atoms with E-state index in [0.29, 0.717) is 35.2 Å². The predicted molar refractivity (Wildman–Crippen MR) is 102 cm³/mol. The maximum Gasteiger partial charge on any atom is 0.272 e. The Kier molecular flexibility index (Phi) is 5.14. The number of rotatable bonds is 4. The zero-order valence-corrected chi connectivity index (χ0v) is 15.8. The van der Waals surface area contributed by atoms with E-state index >= 15 is 0 Å². The van der Waals surface area contributed by atoms with Gasteiger partial charge in [-0.05, 0) is 48.6 Å². The highest BCUT2D eigenvalue weighted by Gasteiger charge is 2.23. The smallest absolute Gasteiger partial charge is 0.272 e. The molecule has 0 bridgehead atoms. The van der Waals surface area contributed by atoms with E-state index in [0.717, 1.165) is 31.5 Å². The maximum atomic E-state index is 12.7. The van der Waals surface area contributed by atoms with Crippen molar-refractivity contribution < 1.29 is 19.1 Å². The number of nitrogens with one attached hydrogen (secondary N) is 1. The molecule has 0 aliphatic carbocycles. The quantitative estimate of drug-likeness (QED) is 0.881. The molecule has 0 saturated carbocycles. The van der Waals surface area contributed by atoms with E-state index in [-0.39, 0.29) is 18.6 Å². The van der Waals surface area contributed by atoms with E-state index in [9.17, 15) is 9.59 Å². The highest BCUT2D eigenvalue weighted by molar-refractivity contribution is 5.98. The second-order valence-electron chi connectivity index (χ2n) is 7.30. The van der Waals surface area contributed by atoms with Crippen LogP contribution in [0.4, 0.5) is 0 Å². The lowest BCUT2D eigenvalue weighted by molar-refractivity contribution is 0.0677. The molecule has 2 aliphatic rings. The standard InChI is InChI=1S/C21H23N3O4/c1-14-3-2-8-24(12-14)21(26)17-10-16(6-7-22-17)20(25)23-11-15-4-5-18-19(9-15)28-13-27-18/h4-7,9-10,14H,2-3,8,11-13H2,1H3,(H,23,25). The number of carbonyl (C=O) groups excluding carboxylic acids is 2. The molecule has 28 heavy (non-hydrogen) atoms. The van der Waals surface area contributed by atoms with Crippen molar-refractivity contribution in [1.29, 1.82) is 0 Å². The fourth-order valence-corrected chi connectivity index (χ4v) is 3.56. The van der Waals surface area contributed by atoms with Crippen molar-refractivity contribution in [3.05, 3.63) is 53.3 Å². The number of benzene rings is 1. The van der Waals surface area contributed by atoms with E-state index in [1.807, 2.05) is 23.1 Å². The molecule has 1 aromatic heterocycles. The molecule has 1 saturated heterocycles. The molecule has 4 rings (SSSR count). The van der Waals surface area contributed by atoms with E-state index in [1.54, 1.807) is 12.1 Å². The summed E-state index contributed by atoms with van der Waals surface area (Å²) >= 11 is 0. The molecule has 1 unspecified atom stereocenters. The number of carbonyl (C=O) groups is 2. The lowest BCUT2D eigenvalue weighted by atomic mass is 10.00. The molecule has 7 heteroatoms. The minimum Gasteiger partial charge on any atom is -0.454 e. The summed E-state index contributed by atoms with van der Waals surface area (Å²) in [4.78, 5) is 31.3. The third-order valence-corrected chi connectivity index (χ3v) is 5.08. The summed E-state index contributed by atoms with van der Waals surface area (Å²) < 4.78 is 10.6. The normalized spacial score (nSPS) is 18.0. The highest BCUT2D eigenvalue weighted by Crippen LogP contribution is 2.32. The zero-order chi connectivity index (χ0) is 19.5. The van der Waals surface area contributed by atoms with Crippen LogP contribution in [0.15, 0.2) is 36.5 Å². The van der Waals surface area contributed by atoms with Gasteiger partial charge in [-0.3, -0.25) is 14.6 Å². The van der Waals surface area contributed by atoms with Crippen LogP contribution in [-0.2, 0) is 6.54 Å².